The summed E-state index contributed by atoms with van der Waals surface area (Å²) >= 11 is 0. The lowest BCUT2D eigenvalue weighted by Gasteiger charge is -2.20. The first kappa shape index (κ1) is 25.7. The number of oxazole rings is 1. The van der Waals surface area contributed by atoms with Crippen LogP contribution >= 0.6 is 0 Å². The Hall–Kier alpha value is -4.99. The Bertz CT molecular complexity index is 1470. The summed E-state index contributed by atoms with van der Waals surface area (Å²) in [5.74, 6) is 1.93. The molecule has 0 fully saturated rings. The van der Waals surface area contributed by atoms with Crippen LogP contribution in [-0.4, -0.2) is 47.0 Å². The third kappa shape index (κ3) is 6.48. The summed E-state index contributed by atoms with van der Waals surface area (Å²) in [7, 11) is 0. The zero-order chi connectivity index (χ0) is 27.2. The molecule has 2 heterocycles. The number of carboxylic acid groups (broad SMARTS) is 1. The van der Waals surface area contributed by atoms with Gasteiger partial charge in [0.05, 0.1) is 12.3 Å². The van der Waals surface area contributed by atoms with Crippen molar-refractivity contribution in [1.82, 2.24) is 9.88 Å². The molecule has 0 bridgehead atoms. The maximum absolute atomic E-state index is 12.8. The molecular weight excluding hydrogens is 504 g/mol. The molecular formula is C29H26N2O8. The second-order valence-electron chi connectivity index (χ2n) is 8.77. The number of carboxylic acids is 1. The number of benzene rings is 3. The lowest BCUT2D eigenvalue weighted by molar-refractivity contribution is -0.138. The minimum atomic E-state index is -1.16. The van der Waals surface area contributed by atoms with E-state index in [1.165, 1.54) is 6.07 Å². The Balaban J connectivity index is 1.20. The van der Waals surface area contributed by atoms with Crippen LogP contribution in [0.2, 0.25) is 0 Å². The van der Waals surface area contributed by atoms with Crippen molar-refractivity contribution in [2.24, 2.45) is 0 Å². The van der Waals surface area contributed by atoms with Gasteiger partial charge in [0.25, 0.3) is 0 Å². The molecule has 10 nitrogen and oxygen atoms in total. The molecule has 0 unspecified atom stereocenters. The van der Waals surface area contributed by atoms with Crippen LogP contribution in [0.1, 0.15) is 17.0 Å². The molecule has 0 aliphatic carbocycles. The van der Waals surface area contributed by atoms with Gasteiger partial charge in [0.1, 0.15) is 23.8 Å². The highest BCUT2D eigenvalue weighted by Crippen LogP contribution is 2.35. The summed E-state index contributed by atoms with van der Waals surface area (Å²) in [6, 6.07) is 21.5. The summed E-state index contributed by atoms with van der Waals surface area (Å²) in [5, 5.41) is 9.36. The van der Waals surface area contributed by atoms with Crippen molar-refractivity contribution in [1.29, 1.82) is 0 Å². The maximum atomic E-state index is 12.8. The number of rotatable bonds is 10. The van der Waals surface area contributed by atoms with Gasteiger partial charge in [-0.25, -0.2) is 9.78 Å². The number of hydrogen-bond donors (Lipinski definition) is 1. The van der Waals surface area contributed by atoms with Crippen molar-refractivity contribution in [2.75, 3.05) is 19.9 Å². The average molecular weight is 531 g/mol. The van der Waals surface area contributed by atoms with Gasteiger partial charge in [-0.1, -0.05) is 30.3 Å². The standard InChI is InChI=1S/C29H26N2O8/c1-19-24(30-28(38-19)21-7-3-2-4-8-21)12-13-35-22-9-5-6-20(14-22)16-31(17-27(32)33)29(34)39-23-10-11-25-26(15-23)37-18-36-25/h2-11,14-15H,12-13,16-18H2,1H3,(H,32,33). The lowest BCUT2D eigenvalue weighted by Crippen LogP contribution is -2.37. The first-order chi connectivity index (χ1) is 18.9. The van der Waals surface area contributed by atoms with E-state index in [9.17, 15) is 14.7 Å². The van der Waals surface area contributed by atoms with E-state index < -0.39 is 18.6 Å². The SMILES string of the molecule is Cc1oc(-c2ccccc2)nc1CCOc1cccc(CN(CC(=O)O)C(=O)Oc2ccc3c(c2)OCO3)c1. The van der Waals surface area contributed by atoms with Crippen molar-refractivity contribution >= 4 is 12.1 Å². The number of aryl methyl sites for hydroxylation is 1. The van der Waals surface area contributed by atoms with Gasteiger partial charge < -0.3 is 28.5 Å². The van der Waals surface area contributed by atoms with Crippen LogP contribution < -0.4 is 18.9 Å². The normalized spacial score (nSPS) is 11.7. The molecule has 0 saturated carbocycles. The molecule has 0 atom stereocenters. The predicted octanol–water partition coefficient (Wildman–Crippen LogP) is 5.09. The number of aromatic nitrogens is 1. The summed E-state index contributed by atoms with van der Waals surface area (Å²) < 4.78 is 27.7. The highest BCUT2D eigenvalue weighted by molar-refractivity contribution is 5.78. The number of amides is 1. The van der Waals surface area contributed by atoms with Crippen LogP contribution in [0.25, 0.3) is 11.5 Å². The Kier molecular flexibility index (Phi) is 7.63. The van der Waals surface area contributed by atoms with Crippen molar-refractivity contribution in [3.63, 3.8) is 0 Å². The smallest absolute Gasteiger partial charge is 0.416 e. The Morgan fingerprint density at radius 2 is 1.79 bits per heavy atom. The van der Waals surface area contributed by atoms with Crippen molar-refractivity contribution in [3.05, 3.63) is 89.8 Å². The van der Waals surface area contributed by atoms with Crippen LogP contribution in [0.5, 0.6) is 23.0 Å². The molecule has 3 aromatic carbocycles. The quantitative estimate of drug-likeness (QED) is 0.299. The van der Waals surface area contributed by atoms with Crippen molar-refractivity contribution < 1.29 is 38.1 Å². The number of carbonyl (C=O) groups excluding carboxylic acids is 1. The monoisotopic (exact) mass is 530 g/mol. The number of aliphatic carboxylic acids is 1. The number of carbonyl (C=O) groups is 2. The largest absolute Gasteiger partial charge is 0.493 e. The van der Waals surface area contributed by atoms with Crippen LogP contribution in [-0.2, 0) is 17.8 Å². The van der Waals surface area contributed by atoms with Crippen molar-refractivity contribution in [3.8, 4) is 34.5 Å². The number of fused-ring (bicyclic) bond motifs is 1. The lowest BCUT2D eigenvalue weighted by atomic mass is 10.2. The van der Waals surface area contributed by atoms with Gasteiger partial charge in [0.2, 0.25) is 12.7 Å². The molecule has 0 radical (unpaired) electrons. The molecule has 10 heteroatoms. The molecule has 1 aromatic heterocycles. The second-order valence-corrected chi connectivity index (χ2v) is 8.77. The number of hydrogen-bond acceptors (Lipinski definition) is 8. The topological polar surface area (TPSA) is 121 Å². The summed E-state index contributed by atoms with van der Waals surface area (Å²) in [5.41, 5.74) is 2.40. The zero-order valence-electron chi connectivity index (χ0n) is 21.2. The van der Waals surface area contributed by atoms with E-state index in [-0.39, 0.29) is 19.1 Å². The van der Waals surface area contributed by atoms with Gasteiger partial charge in [-0.15, -0.1) is 0 Å². The highest BCUT2D eigenvalue weighted by Gasteiger charge is 2.22. The van der Waals surface area contributed by atoms with Crippen LogP contribution in [0.3, 0.4) is 0 Å². The van der Waals surface area contributed by atoms with Crippen molar-refractivity contribution in [2.45, 2.75) is 19.9 Å². The van der Waals surface area contributed by atoms with E-state index in [0.717, 1.165) is 21.9 Å². The van der Waals surface area contributed by atoms with Crippen LogP contribution in [0.4, 0.5) is 4.79 Å². The molecule has 1 amide bonds. The van der Waals surface area contributed by atoms with Crippen LogP contribution in [0.15, 0.2) is 77.2 Å². The van der Waals surface area contributed by atoms with Crippen LogP contribution in [0, 0.1) is 6.92 Å². The fourth-order valence-electron chi connectivity index (χ4n) is 4.04. The first-order valence-electron chi connectivity index (χ1n) is 12.3. The van der Waals surface area contributed by atoms with E-state index in [4.69, 9.17) is 23.4 Å². The molecule has 1 N–H and O–H groups in total. The van der Waals surface area contributed by atoms with Gasteiger partial charge in [0.15, 0.2) is 11.5 Å². The molecule has 0 spiro atoms. The molecule has 1 aliphatic heterocycles. The minimum Gasteiger partial charge on any atom is -0.493 e. The zero-order valence-corrected chi connectivity index (χ0v) is 21.2. The molecule has 4 aromatic rings. The van der Waals surface area contributed by atoms with E-state index in [1.54, 1.807) is 36.4 Å². The van der Waals surface area contributed by atoms with E-state index in [2.05, 4.69) is 4.98 Å². The summed E-state index contributed by atoms with van der Waals surface area (Å²) in [6.07, 6.45) is -0.266. The predicted molar refractivity (Wildman–Crippen MR) is 139 cm³/mol. The molecule has 5 rings (SSSR count). The molecule has 0 saturated heterocycles. The number of ether oxygens (including phenoxy) is 4. The minimum absolute atomic E-state index is 0.00964. The fourth-order valence-corrected chi connectivity index (χ4v) is 4.04. The Labute approximate surface area is 224 Å². The van der Waals surface area contributed by atoms with Gasteiger partial charge in [-0.2, -0.15) is 0 Å². The van der Waals surface area contributed by atoms with Gasteiger partial charge >= 0.3 is 12.1 Å². The van der Waals surface area contributed by atoms with Gasteiger partial charge in [-0.3, -0.25) is 9.69 Å². The van der Waals surface area contributed by atoms with E-state index in [0.29, 0.717) is 41.7 Å². The van der Waals surface area contributed by atoms with Gasteiger partial charge in [0, 0.05) is 24.6 Å². The third-order valence-electron chi connectivity index (χ3n) is 5.93. The summed E-state index contributed by atoms with van der Waals surface area (Å²) in [6.45, 7) is 1.79. The highest BCUT2D eigenvalue weighted by atomic mass is 16.7. The molecule has 1 aliphatic rings. The first-order valence-corrected chi connectivity index (χ1v) is 12.3. The number of nitrogens with zero attached hydrogens (tertiary/aromatic N) is 2. The van der Waals surface area contributed by atoms with Gasteiger partial charge in [-0.05, 0) is 48.9 Å². The average Bonchev–Trinajstić information content (AvgIpc) is 3.55. The van der Waals surface area contributed by atoms with E-state index >= 15 is 0 Å². The second kappa shape index (κ2) is 11.6. The maximum Gasteiger partial charge on any atom is 0.416 e. The molecule has 39 heavy (non-hydrogen) atoms. The molecule has 200 valence electrons. The van der Waals surface area contributed by atoms with E-state index in [1.807, 2.05) is 37.3 Å². The Morgan fingerprint density at radius 1 is 0.974 bits per heavy atom. The Morgan fingerprint density at radius 3 is 2.62 bits per heavy atom. The fraction of sp³-hybridized carbons (Fsp3) is 0.207. The summed E-state index contributed by atoms with van der Waals surface area (Å²) in [4.78, 5) is 30.0. The third-order valence-corrected chi connectivity index (χ3v) is 5.93.